The van der Waals surface area contributed by atoms with E-state index in [4.69, 9.17) is 9.47 Å². The fourth-order valence-electron chi connectivity index (χ4n) is 3.62. The van der Waals surface area contributed by atoms with Crippen molar-refractivity contribution in [3.05, 3.63) is 52.6 Å². The van der Waals surface area contributed by atoms with Gasteiger partial charge < -0.3 is 14.6 Å². The molecule has 3 nitrogen and oxygen atoms in total. The molecule has 23 heavy (non-hydrogen) atoms. The summed E-state index contributed by atoms with van der Waals surface area (Å²) in [5, 5.41) is 9.41. The Morgan fingerprint density at radius 3 is 2.83 bits per heavy atom. The van der Waals surface area contributed by atoms with Gasteiger partial charge in [0.15, 0.2) is 0 Å². The average molecular weight is 312 g/mol. The maximum absolute atomic E-state index is 9.41. The fraction of sp³-hybridized carbons (Fsp3) is 0.400. The van der Waals surface area contributed by atoms with Crippen molar-refractivity contribution < 1.29 is 14.6 Å². The molecule has 0 amide bonds. The molecule has 0 aromatic heterocycles. The molecule has 0 saturated carbocycles. The Balaban J connectivity index is 2.08. The quantitative estimate of drug-likeness (QED) is 0.908. The number of ether oxygens (including phenoxy) is 2. The van der Waals surface area contributed by atoms with Crippen LogP contribution in [0, 0.1) is 13.8 Å². The summed E-state index contributed by atoms with van der Waals surface area (Å²) in [6.45, 7) is 5.85. The number of benzene rings is 2. The number of fused-ring (bicyclic) bond motifs is 1. The zero-order valence-electron chi connectivity index (χ0n) is 14.1. The lowest BCUT2D eigenvalue weighted by Crippen LogP contribution is -2.05. The van der Waals surface area contributed by atoms with Gasteiger partial charge in [-0.2, -0.15) is 0 Å². The summed E-state index contributed by atoms with van der Waals surface area (Å²) in [5.41, 5.74) is 7.17. The Morgan fingerprint density at radius 1 is 1.26 bits per heavy atom. The van der Waals surface area contributed by atoms with Crippen LogP contribution in [0.1, 0.15) is 34.6 Å². The second kappa shape index (κ2) is 6.73. The van der Waals surface area contributed by atoms with E-state index in [9.17, 15) is 5.11 Å². The molecule has 1 heterocycles. The maximum Gasteiger partial charge on any atom is 0.123 e. The average Bonchev–Trinajstić information content (AvgIpc) is 2.96. The summed E-state index contributed by atoms with van der Waals surface area (Å²) >= 11 is 0. The van der Waals surface area contributed by atoms with Crippen LogP contribution < -0.4 is 4.74 Å². The molecule has 0 bridgehead atoms. The van der Waals surface area contributed by atoms with Crippen molar-refractivity contribution in [3.63, 3.8) is 0 Å². The highest BCUT2D eigenvalue weighted by atomic mass is 16.5. The van der Waals surface area contributed by atoms with Gasteiger partial charge in [-0.05, 0) is 60.2 Å². The molecule has 122 valence electrons. The normalized spacial score (nSPS) is 16.3. The largest absolute Gasteiger partial charge is 0.493 e. The van der Waals surface area contributed by atoms with E-state index in [1.807, 2.05) is 12.1 Å². The van der Waals surface area contributed by atoms with E-state index in [1.165, 1.54) is 22.3 Å². The van der Waals surface area contributed by atoms with Crippen molar-refractivity contribution in [2.24, 2.45) is 0 Å². The second-order valence-corrected chi connectivity index (χ2v) is 6.25. The molecule has 1 unspecified atom stereocenters. The third-order valence-electron chi connectivity index (χ3n) is 4.70. The SMILES string of the molecule is COCCC1COc2cc(C)c(-c3cccc(CO)c3)c(C)c21. The summed E-state index contributed by atoms with van der Waals surface area (Å²) < 4.78 is 11.2. The smallest absolute Gasteiger partial charge is 0.123 e. The Labute approximate surface area is 137 Å². The number of methoxy groups -OCH3 is 1. The third kappa shape index (κ3) is 2.99. The Kier molecular flexibility index (Phi) is 4.69. The van der Waals surface area contributed by atoms with E-state index in [-0.39, 0.29) is 6.61 Å². The van der Waals surface area contributed by atoms with Crippen molar-refractivity contribution in [2.75, 3.05) is 20.3 Å². The Hall–Kier alpha value is -1.84. The van der Waals surface area contributed by atoms with E-state index in [2.05, 4.69) is 32.0 Å². The minimum Gasteiger partial charge on any atom is -0.493 e. The van der Waals surface area contributed by atoms with E-state index in [1.54, 1.807) is 7.11 Å². The minimum absolute atomic E-state index is 0.0659. The summed E-state index contributed by atoms with van der Waals surface area (Å²) in [5.74, 6) is 1.41. The number of rotatable bonds is 5. The molecular weight excluding hydrogens is 288 g/mol. The molecule has 1 aliphatic heterocycles. The molecule has 2 aromatic carbocycles. The second-order valence-electron chi connectivity index (χ2n) is 6.25. The van der Waals surface area contributed by atoms with Gasteiger partial charge in [0.2, 0.25) is 0 Å². The monoisotopic (exact) mass is 312 g/mol. The van der Waals surface area contributed by atoms with Crippen LogP contribution in [0.15, 0.2) is 30.3 Å². The van der Waals surface area contributed by atoms with Gasteiger partial charge in [-0.25, -0.2) is 0 Å². The number of hydrogen-bond donors (Lipinski definition) is 1. The van der Waals surface area contributed by atoms with E-state index >= 15 is 0 Å². The number of hydrogen-bond acceptors (Lipinski definition) is 3. The lowest BCUT2D eigenvalue weighted by atomic mass is 9.86. The molecule has 1 N–H and O–H groups in total. The zero-order valence-corrected chi connectivity index (χ0v) is 14.1. The Bertz CT molecular complexity index is 706. The van der Waals surface area contributed by atoms with Crippen LogP contribution in [0.2, 0.25) is 0 Å². The molecule has 2 aromatic rings. The molecule has 3 heteroatoms. The van der Waals surface area contributed by atoms with Crippen molar-refractivity contribution >= 4 is 0 Å². The maximum atomic E-state index is 9.41. The lowest BCUT2D eigenvalue weighted by molar-refractivity contribution is 0.181. The lowest BCUT2D eigenvalue weighted by Gasteiger charge is -2.17. The van der Waals surface area contributed by atoms with E-state index < -0.39 is 0 Å². The van der Waals surface area contributed by atoms with Crippen LogP contribution in [-0.4, -0.2) is 25.4 Å². The minimum atomic E-state index is 0.0659. The van der Waals surface area contributed by atoms with Crippen LogP contribution in [0.4, 0.5) is 0 Å². The zero-order chi connectivity index (χ0) is 16.4. The van der Waals surface area contributed by atoms with Crippen molar-refractivity contribution in [2.45, 2.75) is 32.8 Å². The van der Waals surface area contributed by atoms with Gasteiger partial charge >= 0.3 is 0 Å². The number of aliphatic hydroxyl groups excluding tert-OH is 1. The number of aryl methyl sites for hydroxylation is 1. The van der Waals surface area contributed by atoms with Crippen LogP contribution in [0.25, 0.3) is 11.1 Å². The van der Waals surface area contributed by atoms with Crippen molar-refractivity contribution in [3.8, 4) is 16.9 Å². The predicted octanol–water partition coefficient (Wildman–Crippen LogP) is 3.98. The highest BCUT2D eigenvalue weighted by Gasteiger charge is 2.28. The molecule has 3 rings (SSSR count). The van der Waals surface area contributed by atoms with Gasteiger partial charge in [0.05, 0.1) is 13.2 Å². The van der Waals surface area contributed by atoms with Gasteiger partial charge in [-0.15, -0.1) is 0 Å². The fourth-order valence-corrected chi connectivity index (χ4v) is 3.62. The molecular formula is C20H24O3. The van der Waals surface area contributed by atoms with Gasteiger partial charge in [-0.1, -0.05) is 18.2 Å². The van der Waals surface area contributed by atoms with Crippen molar-refractivity contribution in [1.29, 1.82) is 0 Å². The first-order valence-electron chi connectivity index (χ1n) is 8.11. The summed E-state index contributed by atoms with van der Waals surface area (Å²) in [6, 6.07) is 10.3. The first-order valence-corrected chi connectivity index (χ1v) is 8.11. The topological polar surface area (TPSA) is 38.7 Å². The van der Waals surface area contributed by atoms with Crippen LogP contribution in [0.5, 0.6) is 5.75 Å². The van der Waals surface area contributed by atoms with Crippen LogP contribution in [0.3, 0.4) is 0 Å². The van der Waals surface area contributed by atoms with Crippen molar-refractivity contribution in [1.82, 2.24) is 0 Å². The summed E-state index contributed by atoms with van der Waals surface area (Å²) in [6.07, 6.45) is 0.976. The van der Waals surface area contributed by atoms with Gasteiger partial charge in [0.1, 0.15) is 5.75 Å². The molecule has 0 radical (unpaired) electrons. The predicted molar refractivity (Wildman–Crippen MR) is 92.0 cm³/mol. The van der Waals surface area contributed by atoms with E-state index in [0.717, 1.165) is 36.5 Å². The molecule has 1 atom stereocenters. The highest BCUT2D eigenvalue weighted by Crippen LogP contribution is 2.43. The van der Waals surface area contributed by atoms with Crippen LogP contribution >= 0.6 is 0 Å². The van der Waals surface area contributed by atoms with Crippen LogP contribution in [-0.2, 0) is 11.3 Å². The van der Waals surface area contributed by atoms with Gasteiger partial charge in [-0.3, -0.25) is 0 Å². The molecule has 0 fully saturated rings. The summed E-state index contributed by atoms with van der Waals surface area (Å²) in [4.78, 5) is 0. The number of aliphatic hydroxyl groups is 1. The van der Waals surface area contributed by atoms with Gasteiger partial charge in [0.25, 0.3) is 0 Å². The Morgan fingerprint density at radius 2 is 2.09 bits per heavy atom. The van der Waals surface area contributed by atoms with E-state index in [0.29, 0.717) is 5.92 Å². The molecule has 0 saturated heterocycles. The first-order chi connectivity index (χ1) is 11.2. The molecule has 0 spiro atoms. The third-order valence-corrected chi connectivity index (χ3v) is 4.70. The van der Waals surface area contributed by atoms with Gasteiger partial charge in [0, 0.05) is 25.2 Å². The summed E-state index contributed by atoms with van der Waals surface area (Å²) in [7, 11) is 1.74. The molecule has 1 aliphatic rings. The standard InChI is InChI=1S/C20H24O3/c1-13-9-18-20(17(12-23-18)7-8-22-3)14(2)19(13)16-6-4-5-15(10-16)11-21/h4-6,9-10,17,21H,7-8,11-12H2,1-3H3. The highest BCUT2D eigenvalue weighted by molar-refractivity contribution is 5.75. The molecule has 0 aliphatic carbocycles. The first kappa shape index (κ1) is 16.0.